The van der Waals surface area contributed by atoms with Gasteiger partial charge in [0, 0.05) is 24.9 Å². The van der Waals surface area contributed by atoms with Crippen LogP contribution in [0.1, 0.15) is 5.56 Å². The van der Waals surface area contributed by atoms with Crippen molar-refractivity contribution in [2.24, 2.45) is 0 Å². The van der Waals surface area contributed by atoms with Crippen LogP contribution in [0.4, 0.5) is 18.9 Å². The molecule has 124 valence electrons. The van der Waals surface area contributed by atoms with Gasteiger partial charge in [-0.15, -0.1) is 13.2 Å². The van der Waals surface area contributed by atoms with E-state index < -0.39 is 12.2 Å². The third-order valence-corrected chi connectivity index (χ3v) is 2.90. The van der Waals surface area contributed by atoms with Crippen molar-refractivity contribution in [3.8, 4) is 17.5 Å². The number of rotatable bonds is 6. The molecule has 1 N–H and O–H groups in total. The number of aromatic nitrogens is 1. The number of ether oxygens (including phenoxy) is 3. The standard InChI is InChI=1S/C15H15F3N2O3/c1-19-11-5-3-6-12(21-2)10(11)9-22-13-7-4-8-14(20-13)23-15(16,17)18/h3-8,19H,9H2,1-2H3. The predicted octanol–water partition coefficient (Wildman–Crippen LogP) is 3.61. The summed E-state index contributed by atoms with van der Waals surface area (Å²) in [5.41, 5.74) is 1.51. The van der Waals surface area contributed by atoms with E-state index in [-0.39, 0.29) is 12.5 Å². The van der Waals surface area contributed by atoms with Crippen LogP contribution in [0.5, 0.6) is 17.5 Å². The molecule has 0 aliphatic rings. The second-order valence-electron chi connectivity index (χ2n) is 4.39. The first-order chi connectivity index (χ1) is 10.9. The molecule has 0 spiro atoms. The molecule has 0 atom stereocenters. The van der Waals surface area contributed by atoms with Crippen LogP contribution in [0.15, 0.2) is 36.4 Å². The van der Waals surface area contributed by atoms with Gasteiger partial charge in [0.1, 0.15) is 12.4 Å². The zero-order valence-corrected chi connectivity index (χ0v) is 12.5. The van der Waals surface area contributed by atoms with E-state index >= 15 is 0 Å². The molecule has 1 heterocycles. The van der Waals surface area contributed by atoms with Crippen molar-refractivity contribution in [3.63, 3.8) is 0 Å². The van der Waals surface area contributed by atoms with Gasteiger partial charge in [0.25, 0.3) is 0 Å². The quantitative estimate of drug-likeness (QED) is 0.878. The van der Waals surface area contributed by atoms with Gasteiger partial charge in [0.15, 0.2) is 0 Å². The lowest BCUT2D eigenvalue weighted by atomic mass is 10.1. The van der Waals surface area contributed by atoms with Crippen LogP contribution in [0.3, 0.4) is 0 Å². The molecule has 0 amide bonds. The molecule has 0 fully saturated rings. The number of nitrogens with one attached hydrogen (secondary N) is 1. The van der Waals surface area contributed by atoms with Crippen LogP contribution in [0.2, 0.25) is 0 Å². The topological polar surface area (TPSA) is 52.6 Å². The fraction of sp³-hybridized carbons (Fsp3) is 0.267. The van der Waals surface area contributed by atoms with Crippen LogP contribution in [-0.2, 0) is 6.61 Å². The minimum Gasteiger partial charge on any atom is -0.496 e. The fourth-order valence-corrected chi connectivity index (χ4v) is 1.94. The molecule has 0 unspecified atom stereocenters. The minimum absolute atomic E-state index is 0.0136. The predicted molar refractivity (Wildman–Crippen MR) is 77.8 cm³/mol. The first kappa shape index (κ1) is 16.7. The Labute approximate surface area is 131 Å². The molecule has 8 heteroatoms. The lowest BCUT2D eigenvalue weighted by Crippen LogP contribution is -2.18. The molecule has 2 rings (SSSR count). The average molecular weight is 328 g/mol. The number of benzene rings is 1. The Morgan fingerprint density at radius 1 is 1.09 bits per heavy atom. The maximum absolute atomic E-state index is 12.2. The normalized spacial score (nSPS) is 11.0. The lowest BCUT2D eigenvalue weighted by Gasteiger charge is -2.14. The van der Waals surface area contributed by atoms with Crippen molar-refractivity contribution < 1.29 is 27.4 Å². The van der Waals surface area contributed by atoms with Gasteiger partial charge in [0.2, 0.25) is 11.8 Å². The van der Waals surface area contributed by atoms with E-state index in [9.17, 15) is 13.2 Å². The van der Waals surface area contributed by atoms with Crippen molar-refractivity contribution in [1.82, 2.24) is 4.98 Å². The van der Waals surface area contributed by atoms with Crippen molar-refractivity contribution in [2.75, 3.05) is 19.5 Å². The van der Waals surface area contributed by atoms with Crippen LogP contribution in [0, 0.1) is 0 Å². The largest absolute Gasteiger partial charge is 0.574 e. The number of anilines is 1. The van der Waals surface area contributed by atoms with Gasteiger partial charge >= 0.3 is 6.36 Å². The Kier molecular flexibility index (Phi) is 5.15. The zero-order chi connectivity index (χ0) is 16.9. The van der Waals surface area contributed by atoms with Gasteiger partial charge in [-0.25, -0.2) is 0 Å². The van der Waals surface area contributed by atoms with E-state index in [2.05, 4.69) is 15.0 Å². The summed E-state index contributed by atoms with van der Waals surface area (Å²) < 4.78 is 51.0. The van der Waals surface area contributed by atoms with Crippen LogP contribution in [0.25, 0.3) is 0 Å². The Hall–Kier alpha value is -2.64. The first-order valence-electron chi connectivity index (χ1n) is 6.62. The van der Waals surface area contributed by atoms with Gasteiger partial charge in [-0.05, 0) is 12.1 Å². The second-order valence-corrected chi connectivity index (χ2v) is 4.39. The van der Waals surface area contributed by atoms with E-state index in [4.69, 9.17) is 9.47 Å². The highest BCUT2D eigenvalue weighted by Gasteiger charge is 2.31. The van der Waals surface area contributed by atoms with Crippen molar-refractivity contribution >= 4 is 5.69 Å². The van der Waals surface area contributed by atoms with E-state index in [1.165, 1.54) is 19.2 Å². The smallest absolute Gasteiger partial charge is 0.496 e. The van der Waals surface area contributed by atoms with Crippen LogP contribution in [-0.4, -0.2) is 25.5 Å². The third kappa shape index (κ3) is 4.67. The molecule has 5 nitrogen and oxygen atoms in total. The number of nitrogens with zero attached hydrogens (tertiary/aromatic N) is 1. The third-order valence-electron chi connectivity index (χ3n) is 2.90. The number of pyridine rings is 1. The molecule has 0 bridgehead atoms. The molecule has 23 heavy (non-hydrogen) atoms. The summed E-state index contributed by atoms with van der Waals surface area (Å²) in [6.07, 6.45) is -4.80. The highest BCUT2D eigenvalue weighted by molar-refractivity contribution is 5.57. The summed E-state index contributed by atoms with van der Waals surface area (Å²) in [5, 5.41) is 3.00. The number of methoxy groups -OCH3 is 1. The molecule has 1 aromatic carbocycles. The zero-order valence-electron chi connectivity index (χ0n) is 12.5. The Balaban J connectivity index is 2.14. The van der Waals surface area contributed by atoms with Gasteiger partial charge in [0.05, 0.1) is 12.7 Å². The van der Waals surface area contributed by atoms with Crippen molar-refractivity contribution in [1.29, 1.82) is 0 Å². The van der Waals surface area contributed by atoms with Gasteiger partial charge in [-0.2, -0.15) is 4.98 Å². The van der Waals surface area contributed by atoms with Crippen LogP contribution < -0.4 is 19.5 Å². The molecule has 0 aliphatic carbocycles. The average Bonchev–Trinajstić information content (AvgIpc) is 2.51. The van der Waals surface area contributed by atoms with Crippen molar-refractivity contribution in [3.05, 3.63) is 42.0 Å². The molecule has 0 aliphatic heterocycles. The Morgan fingerprint density at radius 2 is 1.78 bits per heavy atom. The maximum atomic E-state index is 12.2. The van der Waals surface area contributed by atoms with E-state index in [0.717, 1.165) is 17.3 Å². The van der Waals surface area contributed by atoms with Crippen molar-refractivity contribution in [2.45, 2.75) is 13.0 Å². The summed E-state index contributed by atoms with van der Waals surface area (Å²) in [6.45, 7) is 0.0721. The van der Waals surface area contributed by atoms with E-state index in [0.29, 0.717) is 5.75 Å². The van der Waals surface area contributed by atoms with Gasteiger partial charge in [-0.3, -0.25) is 0 Å². The highest BCUT2D eigenvalue weighted by Crippen LogP contribution is 2.28. The molecule has 0 radical (unpaired) electrons. The molecule has 2 aromatic rings. The summed E-state index contributed by atoms with van der Waals surface area (Å²) in [4.78, 5) is 3.66. The first-order valence-corrected chi connectivity index (χ1v) is 6.62. The lowest BCUT2D eigenvalue weighted by molar-refractivity contribution is -0.276. The monoisotopic (exact) mass is 328 g/mol. The number of halogens is 3. The Morgan fingerprint density at radius 3 is 2.43 bits per heavy atom. The fourth-order valence-electron chi connectivity index (χ4n) is 1.94. The summed E-state index contributed by atoms with van der Waals surface area (Å²) in [7, 11) is 3.27. The molecular weight excluding hydrogens is 313 g/mol. The minimum atomic E-state index is -4.80. The van der Waals surface area contributed by atoms with E-state index in [1.54, 1.807) is 13.1 Å². The number of alkyl halides is 3. The summed E-state index contributed by atoms with van der Waals surface area (Å²) in [5.74, 6) is 0.0307. The molecular formula is C15H15F3N2O3. The molecule has 0 saturated carbocycles. The SMILES string of the molecule is CNc1cccc(OC)c1COc1cccc(OC(F)(F)F)n1. The van der Waals surface area contributed by atoms with Gasteiger partial charge < -0.3 is 19.5 Å². The number of hydrogen-bond acceptors (Lipinski definition) is 5. The van der Waals surface area contributed by atoms with Gasteiger partial charge in [-0.1, -0.05) is 12.1 Å². The number of hydrogen-bond donors (Lipinski definition) is 1. The van der Waals surface area contributed by atoms with E-state index in [1.807, 2.05) is 12.1 Å². The maximum Gasteiger partial charge on any atom is 0.574 e. The summed E-state index contributed by atoms with van der Waals surface area (Å²) in [6, 6.07) is 9.31. The molecule has 0 saturated heterocycles. The highest BCUT2D eigenvalue weighted by atomic mass is 19.4. The summed E-state index contributed by atoms with van der Waals surface area (Å²) >= 11 is 0. The second kappa shape index (κ2) is 7.08. The van der Waals surface area contributed by atoms with Crippen LogP contribution >= 0.6 is 0 Å². The molecule has 1 aromatic heterocycles. The Bertz CT molecular complexity index is 640.